The van der Waals surface area contributed by atoms with Crippen molar-refractivity contribution in [2.24, 2.45) is 11.7 Å². The number of nitrogens with two attached hydrogens (primary N) is 1. The van der Waals surface area contributed by atoms with E-state index in [0.29, 0.717) is 12.4 Å². The van der Waals surface area contributed by atoms with Gasteiger partial charge in [0.25, 0.3) is 0 Å². The zero-order valence-electron chi connectivity index (χ0n) is 10.2. The molecule has 0 aliphatic carbocycles. The molecule has 1 aliphatic rings. The molecular weight excluding hydrogens is 242 g/mol. The first kappa shape index (κ1) is 11.6. The van der Waals surface area contributed by atoms with Crippen molar-refractivity contribution in [2.45, 2.75) is 6.42 Å². The van der Waals surface area contributed by atoms with Crippen molar-refractivity contribution in [1.29, 1.82) is 0 Å². The first-order valence-corrected chi connectivity index (χ1v) is 6.10. The van der Waals surface area contributed by atoms with Crippen LogP contribution >= 0.6 is 0 Å². The van der Waals surface area contributed by atoms with Crippen LogP contribution in [0.1, 0.15) is 6.42 Å². The molecule has 0 bridgehead atoms. The zero-order chi connectivity index (χ0) is 13.4. The van der Waals surface area contributed by atoms with E-state index < -0.39 is 11.8 Å². The molecule has 5 nitrogen and oxygen atoms in total. The van der Waals surface area contributed by atoms with Crippen LogP contribution in [0.25, 0.3) is 10.9 Å². The van der Waals surface area contributed by atoms with Crippen LogP contribution in [0.4, 0.5) is 5.82 Å². The quantitative estimate of drug-likeness (QED) is 0.872. The van der Waals surface area contributed by atoms with Crippen molar-refractivity contribution in [1.82, 2.24) is 4.98 Å². The van der Waals surface area contributed by atoms with Crippen molar-refractivity contribution in [3.63, 3.8) is 0 Å². The predicted octanol–water partition coefficient (Wildman–Crippen LogP) is 1.07. The average molecular weight is 255 g/mol. The summed E-state index contributed by atoms with van der Waals surface area (Å²) in [7, 11) is 0. The van der Waals surface area contributed by atoms with Crippen molar-refractivity contribution in [2.75, 3.05) is 11.4 Å². The lowest BCUT2D eigenvalue weighted by Crippen LogP contribution is -2.28. The van der Waals surface area contributed by atoms with E-state index in [0.717, 1.165) is 10.9 Å². The number of pyridine rings is 1. The van der Waals surface area contributed by atoms with E-state index in [9.17, 15) is 9.59 Å². The highest BCUT2D eigenvalue weighted by Crippen LogP contribution is 2.25. The van der Waals surface area contributed by atoms with E-state index >= 15 is 0 Å². The van der Waals surface area contributed by atoms with Crippen LogP contribution in [-0.4, -0.2) is 23.3 Å². The Labute approximate surface area is 110 Å². The number of aromatic nitrogens is 1. The molecule has 1 unspecified atom stereocenters. The lowest BCUT2D eigenvalue weighted by molar-refractivity contribution is -0.123. The molecule has 0 spiro atoms. The summed E-state index contributed by atoms with van der Waals surface area (Å²) in [5.74, 6) is -0.378. The van der Waals surface area contributed by atoms with Gasteiger partial charge in [-0.3, -0.25) is 14.5 Å². The van der Waals surface area contributed by atoms with Crippen molar-refractivity contribution >= 4 is 28.5 Å². The van der Waals surface area contributed by atoms with Gasteiger partial charge in [0.05, 0.1) is 11.4 Å². The maximum absolute atomic E-state index is 11.9. The van der Waals surface area contributed by atoms with E-state index in [1.807, 2.05) is 30.3 Å². The molecule has 1 aliphatic heterocycles. The number of primary amides is 1. The van der Waals surface area contributed by atoms with Crippen LogP contribution in [0.5, 0.6) is 0 Å². The summed E-state index contributed by atoms with van der Waals surface area (Å²) in [6.07, 6.45) is 0.170. The van der Waals surface area contributed by atoms with Crippen LogP contribution in [-0.2, 0) is 9.59 Å². The Hall–Kier alpha value is -2.43. The lowest BCUT2D eigenvalue weighted by Gasteiger charge is -2.15. The third-order valence-electron chi connectivity index (χ3n) is 3.39. The van der Waals surface area contributed by atoms with Crippen LogP contribution in [0.3, 0.4) is 0 Å². The number of fused-ring (bicyclic) bond motifs is 1. The second-order valence-corrected chi connectivity index (χ2v) is 4.67. The molecule has 2 N–H and O–H groups in total. The molecule has 5 heteroatoms. The standard InChI is InChI=1S/C14H13N3O2/c15-14(19)10-7-13(18)17(8-10)12-6-5-9-3-1-2-4-11(9)16-12/h1-6,10H,7-8H2,(H2,15,19). The van der Waals surface area contributed by atoms with E-state index in [-0.39, 0.29) is 12.3 Å². The summed E-state index contributed by atoms with van der Waals surface area (Å²) in [5, 5.41) is 1.02. The number of benzene rings is 1. The van der Waals surface area contributed by atoms with Crippen molar-refractivity contribution in [3.8, 4) is 0 Å². The number of para-hydroxylation sites is 1. The molecule has 1 aromatic heterocycles. The zero-order valence-corrected chi connectivity index (χ0v) is 10.2. The van der Waals surface area contributed by atoms with Gasteiger partial charge in [0, 0.05) is 18.4 Å². The van der Waals surface area contributed by atoms with Gasteiger partial charge in [0.2, 0.25) is 11.8 Å². The summed E-state index contributed by atoms with van der Waals surface area (Å²) in [6, 6.07) is 11.4. The molecule has 96 valence electrons. The topological polar surface area (TPSA) is 76.3 Å². The lowest BCUT2D eigenvalue weighted by atomic mass is 10.1. The van der Waals surface area contributed by atoms with Gasteiger partial charge < -0.3 is 5.73 Å². The summed E-state index contributed by atoms with van der Waals surface area (Å²) < 4.78 is 0. The second-order valence-electron chi connectivity index (χ2n) is 4.67. The van der Waals surface area contributed by atoms with Gasteiger partial charge in [-0.05, 0) is 18.2 Å². The van der Waals surface area contributed by atoms with Crippen LogP contribution in [0.15, 0.2) is 36.4 Å². The Bertz CT molecular complexity index is 669. The molecule has 1 saturated heterocycles. The third kappa shape index (κ3) is 2.03. The number of carbonyl (C=O) groups is 2. The number of anilines is 1. The molecule has 2 amide bonds. The van der Waals surface area contributed by atoms with Gasteiger partial charge in [-0.15, -0.1) is 0 Å². The van der Waals surface area contributed by atoms with E-state index in [2.05, 4.69) is 4.98 Å². The normalized spacial score (nSPS) is 19.1. The van der Waals surface area contributed by atoms with Crippen LogP contribution in [0, 0.1) is 5.92 Å². The number of amides is 2. The van der Waals surface area contributed by atoms with Gasteiger partial charge in [-0.25, -0.2) is 4.98 Å². The number of hydrogen-bond donors (Lipinski definition) is 1. The average Bonchev–Trinajstić information content (AvgIpc) is 2.80. The molecule has 0 radical (unpaired) electrons. The van der Waals surface area contributed by atoms with Crippen LogP contribution < -0.4 is 10.6 Å². The fourth-order valence-corrected chi connectivity index (χ4v) is 2.33. The number of carbonyl (C=O) groups excluding carboxylic acids is 2. The summed E-state index contributed by atoms with van der Waals surface area (Å²) in [4.78, 5) is 29.0. The Balaban J connectivity index is 1.96. The fourth-order valence-electron chi connectivity index (χ4n) is 2.33. The maximum atomic E-state index is 11.9. The minimum absolute atomic E-state index is 0.105. The highest BCUT2D eigenvalue weighted by molar-refractivity contribution is 6.00. The number of nitrogens with zero attached hydrogens (tertiary/aromatic N) is 2. The van der Waals surface area contributed by atoms with Crippen LogP contribution in [0.2, 0.25) is 0 Å². The largest absolute Gasteiger partial charge is 0.369 e. The maximum Gasteiger partial charge on any atom is 0.229 e. The fraction of sp³-hybridized carbons (Fsp3) is 0.214. The molecule has 0 saturated carbocycles. The molecule has 2 aromatic rings. The minimum atomic E-state index is -0.434. The molecular formula is C14H13N3O2. The van der Waals surface area contributed by atoms with E-state index in [1.54, 1.807) is 6.07 Å². The van der Waals surface area contributed by atoms with Gasteiger partial charge >= 0.3 is 0 Å². The Morgan fingerprint density at radius 2 is 2.05 bits per heavy atom. The first-order chi connectivity index (χ1) is 9.15. The molecule has 1 atom stereocenters. The highest BCUT2D eigenvalue weighted by atomic mass is 16.2. The highest BCUT2D eigenvalue weighted by Gasteiger charge is 2.34. The summed E-state index contributed by atoms with van der Waals surface area (Å²) in [5.41, 5.74) is 6.08. The Morgan fingerprint density at radius 3 is 2.79 bits per heavy atom. The number of hydrogen-bond acceptors (Lipinski definition) is 3. The second kappa shape index (κ2) is 4.35. The monoisotopic (exact) mass is 255 g/mol. The Kier molecular flexibility index (Phi) is 2.67. The first-order valence-electron chi connectivity index (χ1n) is 6.10. The summed E-state index contributed by atoms with van der Waals surface area (Å²) in [6.45, 7) is 0.319. The Morgan fingerprint density at radius 1 is 1.26 bits per heavy atom. The summed E-state index contributed by atoms with van der Waals surface area (Å²) >= 11 is 0. The minimum Gasteiger partial charge on any atom is -0.369 e. The molecule has 1 fully saturated rings. The van der Waals surface area contributed by atoms with E-state index in [4.69, 9.17) is 5.73 Å². The van der Waals surface area contributed by atoms with Gasteiger partial charge in [-0.2, -0.15) is 0 Å². The SMILES string of the molecule is NC(=O)C1CC(=O)N(c2ccc3ccccc3n2)C1. The van der Waals surface area contributed by atoms with Gasteiger partial charge in [0.15, 0.2) is 0 Å². The van der Waals surface area contributed by atoms with Crippen molar-refractivity contribution in [3.05, 3.63) is 36.4 Å². The molecule has 19 heavy (non-hydrogen) atoms. The smallest absolute Gasteiger partial charge is 0.229 e. The molecule has 2 heterocycles. The van der Waals surface area contributed by atoms with Gasteiger partial charge in [0.1, 0.15) is 5.82 Å². The van der Waals surface area contributed by atoms with E-state index in [1.165, 1.54) is 4.90 Å². The molecule has 1 aromatic carbocycles. The molecule has 3 rings (SSSR count). The van der Waals surface area contributed by atoms with Gasteiger partial charge in [-0.1, -0.05) is 18.2 Å². The van der Waals surface area contributed by atoms with Crippen molar-refractivity contribution < 1.29 is 9.59 Å². The number of rotatable bonds is 2. The predicted molar refractivity (Wildman–Crippen MR) is 71.4 cm³/mol. The third-order valence-corrected chi connectivity index (χ3v) is 3.39.